The second-order valence-electron chi connectivity index (χ2n) is 4.89. The number of nitrogens with zero attached hydrogens (tertiary/aromatic N) is 1. The lowest BCUT2D eigenvalue weighted by atomic mass is 10.00. The van der Waals surface area contributed by atoms with Crippen LogP contribution in [0.4, 0.5) is 0 Å². The first kappa shape index (κ1) is 13.6. The first-order valence-electron chi connectivity index (χ1n) is 6.30. The molecular formula is C14H19BrN2O. The topological polar surface area (TPSA) is 32.3 Å². The Morgan fingerprint density at radius 3 is 3.00 bits per heavy atom. The molecule has 1 atom stereocenters. The third-order valence-electron chi connectivity index (χ3n) is 3.47. The molecule has 0 radical (unpaired) electrons. The van der Waals surface area contributed by atoms with Crippen LogP contribution in [-0.2, 0) is 11.2 Å². The number of carbonyl (C=O) groups excluding carboxylic acids is 1. The van der Waals surface area contributed by atoms with Crippen LogP contribution in [0.1, 0.15) is 18.1 Å². The van der Waals surface area contributed by atoms with Crippen molar-refractivity contribution in [3.8, 4) is 0 Å². The minimum absolute atomic E-state index is 0.175. The van der Waals surface area contributed by atoms with Gasteiger partial charge in [-0.2, -0.15) is 0 Å². The number of amides is 1. The maximum atomic E-state index is 11.4. The fraction of sp³-hybridized carbons (Fsp3) is 0.500. The molecule has 0 aliphatic carbocycles. The molecule has 4 heteroatoms. The lowest BCUT2D eigenvalue weighted by molar-refractivity contribution is -0.130. The fourth-order valence-electron chi connectivity index (χ4n) is 2.40. The lowest BCUT2D eigenvalue weighted by Gasteiger charge is -2.33. The molecule has 98 valence electrons. The van der Waals surface area contributed by atoms with Crippen molar-refractivity contribution in [1.29, 1.82) is 0 Å². The van der Waals surface area contributed by atoms with Gasteiger partial charge in [-0.25, -0.2) is 0 Å². The van der Waals surface area contributed by atoms with Gasteiger partial charge in [-0.05, 0) is 36.6 Å². The molecule has 0 saturated carbocycles. The van der Waals surface area contributed by atoms with Crippen molar-refractivity contribution >= 4 is 21.8 Å². The zero-order valence-electron chi connectivity index (χ0n) is 10.9. The van der Waals surface area contributed by atoms with Gasteiger partial charge in [-0.3, -0.25) is 4.79 Å². The summed E-state index contributed by atoms with van der Waals surface area (Å²) in [7, 11) is 0. The molecule has 1 aliphatic rings. The van der Waals surface area contributed by atoms with Gasteiger partial charge in [-0.1, -0.05) is 22.0 Å². The van der Waals surface area contributed by atoms with E-state index in [-0.39, 0.29) is 5.91 Å². The zero-order chi connectivity index (χ0) is 13.1. The SMILES string of the molecule is CC(=O)N1CCNC(Cc2ccc(Br)cc2C)C1. The Morgan fingerprint density at radius 2 is 2.33 bits per heavy atom. The van der Waals surface area contributed by atoms with E-state index in [0.29, 0.717) is 6.04 Å². The van der Waals surface area contributed by atoms with Crippen LogP contribution in [0.2, 0.25) is 0 Å². The largest absolute Gasteiger partial charge is 0.340 e. The fourth-order valence-corrected chi connectivity index (χ4v) is 2.88. The molecular weight excluding hydrogens is 292 g/mol. The standard InChI is InChI=1S/C14H19BrN2O/c1-10-7-13(15)4-3-12(10)8-14-9-17(11(2)18)6-5-16-14/h3-4,7,14,16H,5-6,8-9H2,1-2H3. The highest BCUT2D eigenvalue weighted by molar-refractivity contribution is 9.10. The number of rotatable bonds is 2. The summed E-state index contributed by atoms with van der Waals surface area (Å²) < 4.78 is 1.12. The lowest BCUT2D eigenvalue weighted by Crippen LogP contribution is -2.52. The van der Waals surface area contributed by atoms with E-state index in [2.05, 4.69) is 46.4 Å². The summed E-state index contributed by atoms with van der Waals surface area (Å²) in [6, 6.07) is 6.74. The number of piperazine rings is 1. The average Bonchev–Trinajstić information content (AvgIpc) is 2.33. The van der Waals surface area contributed by atoms with E-state index < -0.39 is 0 Å². The molecule has 18 heavy (non-hydrogen) atoms. The van der Waals surface area contributed by atoms with Crippen molar-refractivity contribution in [2.24, 2.45) is 0 Å². The smallest absolute Gasteiger partial charge is 0.219 e. The molecule has 0 spiro atoms. The predicted molar refractivity (Wildman–Crippen MR) is 76.6 cm³/mol. The van der Waals surface area contributed by atoms with Gasteiger partial charge in [-0.15, -0.1) is 0 Å². The van der Waals surface area contributed by atoms with Gasteiger partial charge in [0.15, 0.2) is 0 Å². The van der Waals surface area contributed by atoms with E-state index in [4.69, 9.17) is 0 Å². The van der Waals surface area contributed by atoms with Gasteiger partial charge in [0.05, 0.1) is 0 Å². The number of hydrogen-bond acceptors (Lipinski definition) is 2. The molecule has 1 unspecified atom stereocenters. The normalized spacial score (nSPS) is 19.9. The second-order valence-corrected chi connectivity index (χ2v) is 5.81. The average molecular weight is 311 g/mol. The summed E-state index contributed by atoms with van der Waals surface area (Å²) in [5, 5.41) is 3.49. The van der Waals surface area contributed by atoms with E-state index in [1.54, 1.807) is 6.92 Å². The highest BCUT2D eigenvalue weighted by Crippen LogP contribution is 2.18. The Hall–Kier alpha value is -0.870. The monoisotopic (exact) mass is 310 g/mol. The molecule has 1 fully saturated rings. The highest BCUT2D eigenvalue weighted by atomic mass is 79.9. The van der Waals surface area contributed by atoms with Crippen LogP contribution < -0.4 is 5.32 Å². The molecule has 1 saturated heterocycles. The van der Waals surface area contributed by atoms with E-state index >= 15 is 0 Å². The van der Waals surface area contributed by atoms with Crippen molar-refractivity contribution in [1.82, 2.24) is 10.2 Å². The van der Waals surface area contributed by atoms with Crippen LogP contribution in [0.3, 0.4) is 0 Å². The first-order valence-corrected chi connectivity index (χ1v) is 7.09. The van der Waals surface area contributed by atoms with Gasteiger partial charge in [0.2, 0.25) is 5.91 Å². The molecule has 1 aromatic rings. The summed E-state index contributed by atoms with van der Waals surface area (Å²) in [4.78, 5) is 13.3. The Kier molecular flexibility index (Phi) is 4.40. The van der Waals surface area contributed by atoms with Crippen molar-refractivity contribution in [3.63, 3.8) is 0 Å². The van der Waals surface area contributed by atoms with Gasteiger partial charge in [0.25, 0.3) is 0 Å². The van der Waals surface area contributed by atoms with Gasteiger partial charge < -0.3 is 10.2 Å². The summed E-state index contributed by atoms with van der Waals surface area (Å²) in [6.45, 7) is 6.30. The number of nitrogens with one attached hydrogen (secondary N) is 1. The summed E-state index contributed by atoms with van der Waals surface area (Å²) >= 11 is 3.48. The molecule has 2 rings (SSSR count). The van der Waals surface area contributed by atoms with Crippen LogP contribution in [0, 0.1) is 6.92 Å². The maximum Gasteiger partial charge on any atom is 0.219 e. The molecule has 1 N–H and O–H groups in total. The van der Waals surface area contributed by atoms with Gasteiger partial charge in [0, 0.05) is 37.1 Å². The third kappa shape index (κ3) is 3.33. The van der Waals surface area contributed by atoms with Crippen molar-refractivity contribution in [2.75, 3.05) is 19.6 Å². The zero-order valence-corrected chi connectivity index (χ0v) is 12.5. The number of hydrogen-bond donors (Lipinski definition) is 1. The predicted octanol–water partition coefficient (Wildman–Crippen LogP) is 2.12. The van der Waals surface area contributed by atoms with E-state index in [9.17, 15) is 4.79 Å². The van der Waals surface area contributed by atoms with Crippen molar-refractivity contribution in [2.45, 2.75) is 26.3 Å². The van der Waals surface area contributed by atoms with E-state index in [1.807, 2.05) is 4.90 Å². The Balaban J connectivity index is 2.02. The molecule has 1 heterocycles. The number of carbonyl (C=O) groups is 1. The molecule has 3 nitrogen and oxygen atoms in total. The minimum atomic E-state index is 0.175. The molecule has 1 aromatic carbocycles. The minimum Gasteiger partial charge on any atom is -0.340 e. The van der Waals surface area contributed by atoms with E-state index in [0.717, 1.165) is 30.5 Å². The number of benzene rings is 1. The first-order chi connectivity index (χ1) is 8.56. The van der Waals surface area contributed by atoms with Crippen LogP contribution in [0.15, 0.2) is 22.7 Å². The summed E-state index contributed by atoms with van der Waals surface area (Å²) in [6.07, 6.45) is 0.975. The second kappa shape index (κ2) is 5.85. The Morgan fingerprint density at radius 1 is 1.56 bits per heavy atom. The van der Waals surface area contributed by atoms with Crippen LogP contribution in [0.5, 0.6) is 0 Å². The summed E-state index contributed by atoms with van der Waals surface area (Å²) in [5.41, 5.74) is 2.65. The molecule has 0 bridgehead atoms. The van der Waals surface area contributed by atoms with Crippen LogP contribution >= 0.6 is 15.9 Å². The third-order valence-corrected chi connectivity index (χ3v) is 3.97. The Bertz CT molecular complexity index is 447. The van der Waals surface area contributed by atoms with Crippen molar-refractivity contribution in [3.05, 3.63) is 33.8 Å². The highest BCUT2D eigenvalue weighted by Gasteiger charge is 2.21. The van der Waals surface area contributed by atoms with Gasteiger partial charge >= 0.3 is 0 Å². The van der Waals surface area contributed by atoms with Crippen molar-refractivity contribution < 1.29 is 4.79 Å². The quantitative estimate of drug-likeness (QED) is 0.907. The summed E-state index contributed by atoms with van der Waals surface area (Å²) in [5.74, 6) is 0.175. The molecule has 0 aromatic heterocycles. The number of aryl methyl sites for hydroxylation is 1. The Labute approximate surface area is 117 Å². The maximum absolute atomic E-state index is 11.4. The molecule has 1 aliphatic heterocycles. The molecule has 1 amide bonds. The number of halogens is 1. The van der Waals surface area contributed by atoms with Crippen LogP contribution in [-0.4, -0.2) is 36.5 Å². The van der Waals surface area contributed by atoms with Gasteiger partial charge in [0.1, 0.15) is 0 Å². The van der Waals surface area contributed by atoms with Crippen LogP contribution in [0.25, 0.3) is 0 Å². The van der Waals surface area contributed by atoms with E-state index in [1.165, 1.54) is 11.1 Å².